The second-order valence-corrected chi connectivity index (χ2v) is 9.98. The predicted molar refractivity (Wildman–Crippen MR) is 143 cm³/mol. The summed E-state index contributed by atoms with van der Waals surface area (Å²) < 4.78 is 0. The van der Waals surface area contributed by atoms with Crippen LogP contribution >= 0.6 is 0 Å². The number of hydrogen-bond donors (Lipinski definition) is 3. The van der Waals surface area contributed by atoms with Gasteiger partial charge in [0.15, 0.2) is 0 Å². The van der Waals surface area contributed by atoms with Crippen molar-refractivity contribution >= 4 is 34.0 Å². The number of amides is 1. The van der Waals surface area contributed by atoms with Crippen LogP contribution in [0.25, 0.3) is 10.9 Å². The van der Waals surface area contributed by atoms with Crippen molar-refractivity contribution in [1.82, 2.24) is 9.97 Å². The maximum absolute atomic E-state index is 12.0. The third-order valence-corrected chi connectivity index (χ3v) is 7.63. The van der Waals surface area contributed by atoms with Crippen LogP contribution in [0.1, 0.15) is 69.8 Å². The van der Waals surface area contributed by atoms with Crippen LogP contribution in [0.3, 0.4) is 0 Å². The summed E-state index contributed by atoms with van der Waals surface area (Å²) in [4.78, 5) is 20.8. The van der Waals surface area contributed by atoms with Crippen molar-refractivity contribution in [1.29, 1.82) is 0 Å². The number of fused-ring (bicyclic) bond motifs is 1. The van der Waals surface area contributed by atoms with Crippen LogP contribution in [0.4, 0.5) is 17.2 Å². The Morgan fingerprint density at radius 1 is 1.03 bits per heavy atom. The van der Waals surface area contributed by atoms with Gasteiger partial charge in [-0.15, -0.1) is 18.2 Å². The molecule has 2 saturated carbocycles. The van der Waals surface area contributed by atoms with E-state index in [-0.39, 0.29) is 45.7 Å². The third-order valence-electron chi connectivity index (χ3n) is 7.63. The van der Waals surface area contributed by atoms with E-state index in [1.54, 1.807) is 6.07 Å². The number of carbonyl (C=O) groups excluding carboxylic acids is 1. The summed E-state index contributed by atoms with van der Waals surface area (Å²) in [6.07, 6.45) is 14.1. The number of rotatable bonds is 6. The molecule has 3 N–H and O–H groups in total. The van der Waals surface area contributed by atoms with Gasteiger partial charge in [-0.3, -0.25) is 14.8 Å². The van der Waals surface area contributed by atoms with Crippen molar-refractivity contribution in [3.63, 3.8) is 0 Å². The first-order chi connectivity index (χ1) is 17.7. The number of hydrogen-bond acceptors (Lipinski definition) is 5. The molecule has 1 amide bonds. The molecule has 0 spiro atoms. The Kier molecular flexibility index (Phi) is 9.70. The van der Waals surface area contributed by atoms with Gasteiger partial charge in [0.2, 0.25) is 0 Å². The average Bonchev–Trinajstić information content (AvgIpc) is 3.67. The molecule has 6 nitrogen and oxygen atoms in total. The van der Waals surface area contributed by atoms with E-state index in [4.69, 9.17) is 5.11 Å². The molecule has 1 heterocycles. The van der Waals surface area contributed by atoms with Crippen LogP contribution < -0.4 is 10.6 Å². The van der Waals surface area contributed by atoms with Crippen molar-refractivity contribution < 1.29 is 42.6 Å². The summed E-state index contributed by atoms with van der Waals surface area (Å²) in [6.45, 7) is -0.0721. The fourth-order valence-electron chi connectivity index (χ4n) is 5.61. The molecular weight excluding hydrogens is 537 g/mol. The van der Waals surface area contributed by atoms with E-state index >= 15 is 0 Å². The molecule has 189 valence electrons. The van der Waals surface area contributed by atoms with Crippen LogP contribution in [0.15, 0.2) is 42.7 Å². The SMILES string of the molecule is O=C(C#CCCO)Nc1[c-]c2c(Nc3ccc(C4(C5CCCCCCC5)CC4)cc3)ncnc2cc1.[Y]. The Hall–Kier alpha value is -2.33. The molecule has 1 aromatic heterocycles. The summed E-state index contributed by atoms with van der Waals surface area (Å²) >= 11 is 0. The number of carbonyl (C=O) groups is 1. The van der Waals surface area contributed by atoms with Crippen molar-refractivity contribution in [2.45, 2.75) is 69.6 Å². The van der Waals surface area contributed by atoms with Gasteiger partial charge in [-0.1, -0.05) is 55.5 Å². The van der Waals surface area contributed by atoms with E-state index in [0.717, 1.165) is 17.1 Å². The number of benzene rings is 2. The van der Waals surface area contributed by atoms with Gasteiger partial charge in [0.25, 0.3) is 5.91 Å². The van der Waals surface area contributed by atoms with E-state index in [1.165, 1.54) is 69.7 Å². The van der Waals surface area contributed by atoms with Crippen molar-refractivity contribution in [3.8, 4) is 11.8 Å². The maximum Gasteiger partial charge on any atom is 0.298 e. The number of nitrogens with one attached hydrogen (secondary N) is 2. The summed E-state index contributed by atoms with van der Waals surface area (Å²) in [7, 11) is 0. The van der Waals surface area contributed by atoms with E-state index < -0.39 is 5.91 Å². The molecular formula is C30H33N4O2Y-. The molecule has 0 unspecified atom stereocenters. The Morgan fingerprint density at radius 3 is 2.46 bits per heavy atom. The number of anilines is 3. The smallest absolute Gasteiger partial charge is 0.298 e. The van der Waals surface area contributed by atoms with E-state index in [2.05, 4.69) is 62.8 Å². The summed E-state index contributed by atoms with van der Waals surface area (Å²) in [5.41, 5.74) is 4.05. The third kappa shape index (κ3) is 6.76. The summed E-state index contributed by atoms with van der Waals surface area (Å²) in [6, 6.07) is 15.6. The number of aliphatic hydroxyl groups is 1. The monoisotopic (exact) mass is 570 g/mol. The van der Waals surface area contributed by atoms with E-state index in [0.29, 0.717) is 22.3 Å². The summed E-state index contributed by atoms with van der Waals surface area (Å²) in [5, 5.41) is 15.6. The number of nitrogens with zero attached hydrogens (tertiary/aromatic N) is 2. The molecule has 3 aromatic rings. The predicted octanol–water partition coefficient (Wildman–Crippen LogP) is 5.89. The normalized spacial score (nSPS) is 16.9. The molecule has 0 bridgehead atoms. The van der Waals surface area contributed by atoms with Gasteiger partial charge in [0, 0.05) is 44.8 Å². The van der Waals surface area contributed by atoms with Crippen LogP contribution in [-0.4, -0.2) is 27.6 Å². The average molecular weight is 571 g/mol. The van der Waals surface area contributed by atoms with Gasteiger partial charge in [-0.25, -0.2) is 0 Å². The molecule has 5 rings (SSSR count). The van der Waals surface area contributed by atoms with E-state index in [1.807, 2.05) is 6.07 Å². The molecule has 2 aliphatic rings. The fourth-order valence-corrected chi connectivity index (χ4v) is 5.61. The zero-order chi connectivity index (χ0) is 24.8. The molecule has 2 aliphatic carbocycles. The molecule has 0 aliphatic heterocycles. The molecule has 0 atom stereocenters. The van der Waals surface area contributed by atoms with Gasteiger partial charge in [-0.05, 0) is 71.8 Å². The minimum absolute atomic E-state index is 0. The van der Waals surface area contributed by atoms with Crippen LogP contribution in [0.5, 0.6) is 0 Å². The largest absolute Gasteiger partial charge is 0.395 e. The van der Waals surface area contributed by atoms with Crippen LogP contribution in [-0.2, 0) is 42.9 Å². The Morgan fingerprint density at radius 2 is 1.76 bits per heavy atom. The topological polar surface area (TPSA) is 87.1 Å². The van der Waals surface area contributed by atoms with Gasteiger partial charge >= 0.3 is 0 Å². The van der Waals surface area contributed by atoms with Crippen molar-refractivity contribution in [3.05, 3.63) is 54.4 Å². The first-order valence-electron chi connectivity index (χ1n) is 13.1. The number of aliphatic hydroxyl groups excluding tert-OH is 1. The first-order valence-corrected chi connectivity index (χ1v) is 13.1. The standard InChI is InChI=1S/C30H33N4O2.Y/c35-19-7-6-10-28(36)33-25-15-16-27-26(20-25)29(32-21-31-27)34-24-13-11-23(12-14-24)30(17-18-30)22-8-4-2-1-3-5-9-22;/h11-16,21-22,35H,1-5,7-9,17-19H2,(H,33,36)(H,31,32,34);/q-1;. The molecule has 7 heteroatoms. The van der Waals surface area contributed by atoms with Gasteiger partial charge in [0.1, 0.15) is 0 Å². The molecule has 2 aromatic carbocycles. The fraction of sp³-hybridized carbons (Fsp3) is 0.433. The van der Waals surface area contributed by atoms with Gasteiger partial charge < -0.3 is 15.7 Å². The van der Waals surface area contributed by atoms with Crippen molar-refractivity contribution in [2.24, 2.45) is 5.92 Å². The zero-order valence-electron chi connectivity index (χ0n) is 21.2. The van der Waals surface area contributed by atoms with Gasteiger partial charge in [-0.2, -0.15) is 0 Å². The second-order valence-electron chi connectivity index (χ2n) is 9.98. The molecule has 1 radical (unpaired) electrons. The Balaban J connectivity index is 0.00000320. The second kappa shape index (κ2) is 13.0. The maximum atomic E-state index is 12.0. The minimum atomic E-state index is -0.445. The van der Waals surface area contributed by atoms with E-state index in [9.17, 15) is 4.79 Å². The summed E-state index contributed by atoms with van der Waals surface area (Å²) in [5.74, 6) is 6.09. The quantitative estimate of drug-likeness (QED) is 0.254. The van der Waals surface area contributed by atoms with Crippen LogP contribution in [0.2, 0.25) is 0 Å². The van der Waals surface area contributed by atoms with Gasteiger partial charge in [0.05, 0.1) is 18.8 Å². The Bertz CT molecular complexity index is 1270. The Labute approximate surface area is 244 Å². The first kappa shape index (κ1) is 27.7. The molecule has 2 fully saturated rings. The zero-order valence-corrected chi connectivity index (χ0v) is 24.1. The molecule has 0 saturated heterocycles. The molecule has 37 heavy (non-hydrogen) atoms. The van der Waals surface area contributed by atoms with Crippen LogP contribution in [0, 0.1) is 23.8 Å². The number of aromatic nitrogens is 2. The van der Waals surface area contributed by atoms with Crippen molar-refractivity contribution in [2.75, 3.05) is 17.2 Å². The minimum Gasteiger partial charge on any atom is -0.395 e.